The summed E-state index contributed by atoms with van der Waals surface area (Å²) < 4.78 is 7.27. The van der Waals surface area contributed by atoms with Gasteiger partial charge in [0.15, 0.2) is 0 Å². The molecule has 0 unspecified atom stereocenters. The highest BCUT2D eigenvalue weighted by atomic mass is 16.5. The number of carbonyl (C=O) groups is 1. The number of carbonyl (C=O) groups excluding carboxylic acids is 1. The van der Waals surface area contributed by atoms with Crippen molar-refractivity contribution in [2.45, 2.75) is 32.9 Å². The fourth-order valence-electron chi connectivity index (χ4n) is 3.96. The van der Waals surface area contributed by atoms with Gasteiger partial charge in [-0.15, -0.1) is 0 Å². The first-order chi connectivity index (χ1) is 17.6. The maximum Gasteiger partial charge on any atom is 0.227 e. The SMILES string of the molecule is Cc1ccc(-c2noc(CCC(=O)NCc3cn(Cc4ccccc4)nc3-c3ccccc3)n2)cc1. The van der Waals surface area contributed by atoms with Crippen molar-refractivity contribution in [3.8, 4) is 22.6 Å². The van der Waals surface area contributed by atoms with Gasteiger partial charge in [-0.25, -0.2) is 0 Å². The number of hydrogen-bond donors (Lipinski definition) is 1. The molecular weight excluding hydrogens is 450 g/mol. The van der Waals surface area contributed by atoms with Gasteiger partial charge in [0, 0.05) is 42.3 Å². The molecule has 36 heavy (non-hydrogen) atoms. The normalized spacial score (nSPS) is 10.9. The summed E-state index contributed by atoms with van der Waals surface area (Å²) in [6.07, 6.45) is 2.64. The fraction of sp³-hybridized carbons (Fsp3) is 0.172. The Bertz CT molecular complexity index is 1420. The Hall–Kier alpha value is -4.52. The lowest BCUT2D eigenvalue weighted by Gasteiger charge is -2.05. The first-order valence-electron chi connectivity index (χ1n) is 12.0. The molecule has 180 valence electrons. The Kier molecular flexibility index (Phi) is 6.98. The maximum atomic E-state index is 12.6. The lowest BCUT2D eigenvalue weighted by atomic mass is 10.1. The minimum absolute atomic E-state index is 0.0834. The van der Waals surface area contributed by atoms with E-state index in [1.54, 1.807) is 0 Å². The van der Waals surface area contributed by atoms with Crippen LogP contribution in [0.15, 0.2) is 95.6 Å². The third-order valence-electron chi connectivity index (χ3n) is 5.89. The molecule has 0 saturated heterocycles. The van der Waals surface area contributed by atoms with Crippen molar-refractivity contribution in [1.82, 2.24) is 25.2 Å². The van der Waals surface area contributed by atoms with Gasteiger partial charge < -0.3 is 9.84 Å². The zero-order valence-electron chi connectivity index (χ0n) is 20.1. The molecule has 0 spiro atoms. The lowest BCUT2D eigenvalue weighted by Crippen LogP contribution is -2.23. The van der Waals surface area contributed by atoms with Crippen LogP contribution in [0.1, 0.15) is 29.0 Å². The van der Waals surface area contributed by atoms with Gasteiger partial charge >= 0.3 is 0 Å². The topological polar surface area (TPSA) is 85.8 Å². The van der Waals surface area contributed by atoms with Crippen LogP contribution >= 0.6 is 0 Å². The van der Waals surface area contributed by atoms with E-state index >= 15 is 0 Å². The minimum atomic E-state index is -0.0834. The van der Waals surface area contributed by atoms with Crippen molar-refractivity contribution in [3.05, 3.63) is 114 Å². The van der Waals surface area contributed by atoms with Gasteiger partial charge in [0.1, 0.15) is 0 Å². The van der Waals surface area contributed by atoms with Gasteiger partial charge in [-0.1, -0.05) is 95.6 Å². The molecule has 0 atom stereocenters. The van der Waals surface area contributed by atoms with E-state index in [0.29, 0.717) is 31.2 Å². The van der Waals surface area contributed by atoms with E-state index in [0.717, 1.165) is 22.4 Å². The summed E-state index contributed by atoms with van der Waals surface area (Å²) >= 11 is 0. The molecule has 1 amide bonds. The molecule has 0 bridgehead atoms. The highest BCUT2D eigenvalue weighted by Gasteiger charge is 2.14. The van der Waals surface area contributed by atoms with E-state index in [1.807, 2.05) is 90.6 Å². The second-order valence-electron chi connectivity index (χ2n) is 8.71. The zero-order chi connectivity index (χ0) is 24.7. The Balaban J connectivity index is 1.22. The standard InChI is InChI=1S/C29H27N5O2/c1-21-12-14-24(15-13-21)29-31-27(36-33-29)17-16-26(35)30-18-25-20-34(19-22-8-4-2-5-9-22)32-28(25)23-10-6-3-7-11-23/h2-15,20H,16-19H2,1H3,(H,30,35). The lowest BCUT2D eigenvalue weighted by molar-refractivity contribution is -0.121. The molecule has 0 radical (unpaired) electrons. The summed E-state index contributed by atoms with van der Waals surface area (Å²) in [7, 11) is 0. The van der Waals surface area contributed by atoms with E-state index in [4.69, 9.17) is 9.62 Å². The van der Waals surface area contributed by atoms with Crippen molar-refractivity contribution < 1.29 is 9.32 Å². The van der Waals surface area contributed by atoms with Gasteiger partial charge in [0.2, 0.25) is 17.6 Å². The second-order valence-corrected chi connectivity index (χ2v) is 8.71. The maximum absolute atomic E-state index is 12.6. The highest BCUT2D eigenvalue weighted by molar-refractivity contribution is 5.76. The number of aryl methyl sites for hydroxylation is 2. The molecule has 0 saturated carbocycles. The van der Waals surface area contributed by atoms with Crippen molar-refractivity contribution in [3.63, 3.8) is 0 Å². The third-order valence-corrected chi connectivity index (χ3v) is 5.89. The van der Waals surface area contributed by atoms with Crippen molar-refractivity contribution in [2.75, 3.05) is 0 Å². The number of rotatable bonds is 9. The quantitative estimate of drug-likeness (QED) is 0.315. The summed E-state index contributed by atoms with van der Waals surface area (Å²) in [6, 6.07) is 28.1. The molecule has 0 aliphatic carbocycles. The van der Waals surface area contributed by atoms with Crippen LogP contribution in [0.25, 0.3) is 22.6 Å². The fourth-order valence-corrected chi connectivity index (χ4v) is 3.96. The average Bonchev–Trinajstić information content (AvgIpc) is 3.55. The molecule has 7 nitrogen and oxygen atoms in total. The van der Waals surface area contributed by atoms with E-state index in [1.165, 1.54) is 11.1 Å². The van der Waals surface area contributed by atoms with E-state index in [2.05, 4.69) is 27.6 Å². The number of benzene rings is 3. The molecule has 1 N–H and O–H groups in total. The summed E-state index contributed by atoms with van der Waals surface area (Å²) in [4.78, 5) is 17.0. The van der Waals surface area contributed by atoms with Crippen molar-refractivity contribution in [1.29, 1.82) is 0 Å². The molecule has 2 aromatic heterocycles. The molecule has 5 rings (SSSR count). The molecule has 0 aliphatic heterocycles. The third kappa shape index (κ3) is 5.75. The molecule has 5 aromatic rings. The summed E-state index contributed by atoms with van der Waals surface area (Å²) in [5.41, 5.74) is 6.07. The van der Waals surface area contributed by atoms with Crippen LogP contribution < -0.4 is 5.32 Å². The van der Waals surface area contributed by atoms with Crippen LogP contribution in [-0.4, -0.2) is 25.8 Å². The van der Waals surface area contributed by atoms with Gasteiger partial charge in [0.05, 0.1) is 12.2 Å². The minimum Gasteiger partial charge on any atom is -0.352 e. The largest absolute Gasteiger partial charge is 0.352 e. The van der Waals surface area contributed by atoms with E-state index in [-0.39, 0.29) is 12.3 Å². The smallest absolute Gasteiger partial charge is 0.227 e. The van der Waals surface area contributed by atoms with Gasteiger partial charge in [-0.05, 0) is 12.5 Å². The number of amides is 1. The van der Waals surface area contributed by atoms with Gasteiger partial charge in [-0.2, -0.15) is 10.1 Å². The summed E-state index contributed by atoms with van der Waals surface area (Å²) in [6.45, 7) is 3.08. The molecule has 0 fully saturated rings. The van der Waals surface area contributed by atoms with Crippen LogP contribution in [0, 0.1) is 6.92 Å². The highest BCUT2D eigenvalue weighted by Crippen LogP contribution is 2.22. The van der Waals surface area contributed by atoms with Crippen LogP contribution in [-0.2, 0) is 24.3 Å². The number of nitrogens with one attached hydrogen (secondary N) is 1. The van der Waals surface area contributed by atoms with Crippen LogP contribution in [0.4, 0.5) is 0 Å². The Morgan fingerprint density at radius 1 is 0.917 bits per heavy atom. The Labute approximate surface area is 209 Å². The number of hydrogen-bond acceptors (Lipinski definition) is 5. The van der Waals surface area contributed by atoms with Gasteiger partial charge in [-0.3, -0.25) is 9.48 Å². The number of aromatic nitrogens is 4. The summed E-state index contributed by atoms with van der Waals surface area (Å²) in [5, 5.41) is 11.9. The second kappa shape index (κ2) is 10.8. The first kappa shape index (κ1) is 23.2. The van der Waals surface area contributed by atoms with Crippen molar-refractivity contribution >= 4 is 5.91 Å². The van der Waals surface area contributed by atoms with Crippen LogP contribution in [0.2, 0.25) is 0 Å². The van der Waals surface area contributed by atoms with Gasteiger partial charge in [0.25, 0.3) is 0 Å². The average molecular weight is 478 g/mol. The Morgan fingerprint density at radius 3 is 2.39 bits per heavy atom. The van der Waals surface area contributed by atoms with Crippen LogP contribution in [0.3, 0.4) is 0 Å². The summed E-state index contributed by atoms with van der Waals surface area (Å²) in [5.74, 6) is 0.894. The van der Waals surface area contributed by atoms with Crippen molar-refractivity contribution in [2.24, 2.45) is 0 Å². The van der Waals surface area contributed by atoms with E-state index in [9.17, 15) is 4.79 Å². The van der Waals surface area contributed by atoms with Crippen LogP contribution in [0.5, 0.6) is 0 Å². The monoisotopic (exact) mass is 477 g/mol. The molecule has 0 aliphatic rings. The number of nitrogens with zero attached hydrogens (tertiary/aromatic N) is 4. The first-order valence-corrected chi connectivity index (χ1v) is 12.0. The molecule has 3 aromatic carbocycles. The Morgan fingerprint density at radius 2 is 1.64 bits per heavy atom. The zero-order valence-corrected chi connectivity index (χ0v) is 20.1. The van der Waals surface area contributed by atoms with E-state index < -0.39 is 0 Å². The predicted molar refractivity (Wildman–Crippen MR) is 138 cm³/mol. The molecular formula is C29H27N5O2. The molecule has 7 heteroatoms. The predicted octanol–water partition coefficient (Wildman–Crippen LogP) is 5.21. The molecule has 2 heterocycles.